The van der Waals surface area contributed by atoms with Crippen LogP contribution in [0.15, 0.2) is 71.4 Å². The highest BCUT2D eigenvalue weighted by molar-refractivity contribution is 5.69. The van der Waals surface area contributed by atoms with Gasteiger partial charge in [-0.25, -0.2) is 0 Å². The summed E-state index contributed by atoms with van der Waals surface area (Å²) in [5.41, 5.74) is 3.03. The fraction of sp³-hybridized carbons (Fsp3) is 0.250. The van der Waals surface area contributed by atoms with Crippen molar-refractivity contribution in [1.29, 1.82) is 0 Å². The molecule has 2 heteroatoms. The highest BCUT2D eigenvalue weighted by atomic mass is 16.5. The first kappa shape index (κ1) is 16.0. The molecule has 0 saturated carbocycles. The highest BCUT2D eigenvalue weighted by Gasteiger charge is 2.16. The third-order valence-electron chi connectivity index (χ3n) is 3.74. The third kappa shape index (κ3) is 4.08. The maximum Gasteiger partial charge on any atom is 0.125 e. The van der Waals surface area contributed by atoms with Gasteiger partial charge in [-0.2, -0.15) is 0 Å². The number of allylic oxidation sites excluding steroid dienone is 1. The summed E-state index contributed by atoms with van der Waals surface area (Å²) < 4.78 is 6.13. The van der Waals surface area contributed by atoms with Gasteiger partial charge in [-0.15, -0.1) is 0 Å². The van der Waals surface area contributed by atoms with E-state index in [1.807, 2.05) is 48.5 Å². The van der Waals surface area contributed by atoms with Crippen molar-refractivity contribution in [2.24, 2.45) is 10.9 Å². The molecule has 0 amide bonds. The summed E-state index contributed by atoms with van der Waals surface area (Å²) in [6.45, 7) is 8.61. The second-order valence-electron chi connectivity index (χ2n) is 5.32. The SMILES string of the molecule is C=N/C(=C(\OCc1ccccc1)C(C)CC)c1ccccc1. The van der Waals surface area contributed by atoms with E-state index >= 15 is 0 Å². The zero-order valence-electron chi connectivity index (χ0n) is 13.3. The lowest BCUT2D eigenvalue weighted by Crippen LogP contribution is -2.06. The van der Waals surface area contributed by atoms with E-state index in [9.17, 15) is 0 Å². The normalized spacial score (nSPS) is 13.2. The number of hydrogen-bond donors (Lipinski definition) is 0. The van der Waals surface area contributed by atoms with Gasteiger partial charge in [0.05, 0.1) is 0 Å². The van der Waals surface area contributed by atoms with Crippen molar-refractivity contribution < 1.29 is 4.74 Å². The van der Waals surface area contributed by atoms with Gasteiger partial charge < -0.3 is 4.74 Å². The molecule has 0 spiro atoms. The molecule has 0 aliphatic rings. The first-order valence-corrected chi connectivity index (χ1v) is 7.69. The average Bonchev–Trinajstić information content (AvgIpc) is 2.59. The number of nitrogens with zero attached hydrogens (tertiary/aromatic N) is 1. The fourth-order valence-corrected chi connectivity index (χ4v) is 2.27. The topological polar surface area (TPSA) is 21.6 Å². The van der Waals surface area contributed by atoms with Crippen molar-refractivity contribution in [3.05, 3.63) is 77.5 Å². The quantitative estimate of drug-likeness (QED) is 0.500. The Kier molecular flexibility index (Phi) is 5.96. The Morgan fingerprint density at radius 1 is 1.05 bits per heavy atom. The van der Waals surface area contributed by atoms with Gasteiger partial charge in [0.25, 0.3) is 0 Å². The average molecular weight is 293 g/mol. The summed E-state index contributed by atoms with van der Waals surface area (Å²) in [5.74, 6) is 1.21. The van der Waals surface area contributed by atoms with Crippen LogP contribution in [-0.4, -0.2) is 6.72 Å². The third-order valence-corrected chi connectivity index (χ3v) is 3.74. The molecule has 0 radical (unpaired) electrons. The Balaban J connectivity index is 2.31. The highest BCUT2D eigenvalue weighted by Crippen LogP contribution is 2.28. The molecule has 2 aromatic carbocycles. The van der Waals surface area contributed by atoms with Crippen molar-refractivity contribution in [1.82, 2.24) is 0 Å². The number of aliphatic imine (C=N–C) groups is 1. The minimum absolute atomic E-state index is 0.296. The Bertz CT molecular complexity index is 617. The van der Waals surface area contributed by atoms with E-state index in [0.717, 1.165) is 29.0 Å². The minimum Gasteiger partial charge on any atom is -0.491 e. The van der Waals surface area contributed by atoms with Crippen LogP contribution in [0.3, 0.4) is 0 Å². The Hall–Kier alpha value is -2.35. The molecule has 114 valence electrons. The second-order valence-corrected chi connectivity index (χ2v) is 5.32. The lowest BCUT2D eigenvalue weighted by atomic mass is 10.0. The van der Waals surface area contributed by atoms with Crippen molar-refractivity contribution in [3.63, 3.8) is 0 Å². The van der Waals surface area contributed by atoms with Crippen LogP contribution in [0.1, 0.15) is 31.4 Å². The minimum atomic E-state index is 0.296. The Morgan fingerprint density at radius 3 is 2.18 bits per heavy atom. The zero-order chi connectivity index (χ0) is 15.8. The first-order valence-electron chi connectivity index (χ1n) is 7.69. The van der Waals surface area contributed by atoms with Crippen LogP contribution < -0.4 is 0 Å². The van der Waals surface area contributed by atoms with Crippen molar-refractivity contribution in [3.8, 4) is 0 Å². The summed E-state index contributed by atoms with van der Waals surface area (Å²) >= 11 is 0. The van der Waals surface area contributed by atoms with E-state index < -0.39 is 0 Å². The number of rotatable bonds is 7. The molecule has 2 aromatic rings. The molecule has 2 nitrogen and oxygen atoms in total. The molecule has 0 aliphatic heterocycles. The van der Waals surface area contributed by atoms with E-state index in [0.29, 0.717) is 12.5 Å². The van der Waals surface area contributed by atoms with Crippen molar-refractivity contribution in [2.75, 3.05) is 0 Å². The maximum atomic E-state index is 6.13. The van der Waals surface area contributed by atoms with Crippen LogP contribution in [0.2, 0.25) is 0 Å². The van der Waals surface area contributed by atoms with E-state index in [1.165, 1.54) is 0 Å². The van der Waals surface area contributed by atoms with Gasteiger partial charge >= 0.3 is 0 Å². The molecule has 1 unspecified atom stereocenters. The first-order chi connectivity index (χ1) is 10.8. The van der Waals surface area contributed by atoms with Crippen LogP contribution in [0.5, 0.6) is 0 Å². The van der Waals surface area contributed by atoms with Crippen LogP contribution in [0.4, 0.5) is 0 Å². The number of ether oxygens (including phenoxy) is 1. The van der Waals surface area contributed by atoms with Gasteiger partial charge in [0.2, 0.25) is 0 Å². The fourth-order valence-electron chi connectivity index (χ4n) is 2.27. The summed E-state index contributed by atoms with van der Waals surface area (Å²) in [6.07, 6.45) is 0.996. The molecular weight excluding hydrogens is 270 g/mol. The Labute approximate surface area is 133 Å². The van der Waals surface area contributed by atoms with Crippen LogP contribution in [0, 0.1) is 5.92 Å². The Morgan fingerprint density at radius 2 is 1.64 bits per heavy atom. The van der Waals surface area contributed by atoms with Gasteiger partial charge in [0.15, 0.2) is 0 Å². The summed E-state index contributed by atoms with van der Waals surface area (Å²) in [6, 6.07) is 20.3. The van der Waals surface area contributed by atoms with Gasteiger partial charge in [0.1, 0.15) is 18.1 Å². The molecule has 0 fully saturated rings. The van der Waals surface area contributed by atoms with E-state index in [-0.39, 0.29) is 0 Å². The van der Waals surface area contributed by atoms with Crippen molar-refractivity contribution in [2.45, 2.75) is 26.9 Å². The predicted molar refractivity (Wildman–Crippen MR) is 93.6 cm³/mol. The molecule has 0 aliphatic carbocycles. The van der Waals surface area contributed by atoms with Gasteiger partial charge in [-0.3, -0.25) is 4.99 Å². The van der Waals surface area contributed by atoms with E-state index in [1.54, 1.807) is 0 Å². The standard InChI is InChI=1S/C20H23NO/c1-4-16(2)20(22-15-17-11-7-5-8-12-17)19(21-3)18-13-9-6-10-14-18/h5-14,16H,3-4,15H2,1-2H3/b20-19-. The number of hydrogen-bond acceptors (Lipinski definition) is 2. The zero-order valence-corrected chi connectivity index (χ0v) is 13.3. The molecule has 0 heterocycles. The largest absolute Gasteiger partial charge is 0.491 e. The lowest BCUT2D eigenvalue weighted by Gasteiger charge is -2.19. The lowest BCUT2D eigenvalue weighted by molar-refractivity contribution is 0.168. The molecule has 22 heavy (non-hydrogen) atoms. The second kappa shape index (κ2) is 8.18. The van der Waals surface area contributed by atoms with Crippen LogP contribution >= 0.6 is 0 Å². The molecule has 2 rings (SSSR count). The van der Waals surface area contributed by atoms with Gasteiger partial charge in [-0.05, 0) is 18.7 Å². The summed E-state index contributed by atoms with van der Waals surface area (Å²) in [5, 5.41) is 0. The molecule has 0 N–H and O–H groups in total. The van der Waals surface area contributed by atoms with E-state index in [2.05, 4.69) is 37.7 Å². The molecular formula is C20H23NO. The van der Waals surface area contributed by atoms with Crippen LogP contribution in [0.25, 0.3) is 5.70 Å². The van der Waals surface area contributed by atoms with Crippen LogP contribution in [-0.2, 0) is 11.3 Å². The molecule has 0 bridgehead atoms. The summed E-state index contributed by atoms with van der Waals surface area (Å²) in [4.78, 5) is 4.24. The monoisotopic (exact) mass is 293 g/mol. The molecule has 0 saturated heterocycles. The molecule has 1 atom stereocenters. The van der Waals surface area contributed by atoms with E-state index in [4.69, 9.17) is 4.74 Å². The van der Waals surface area contributed by atoms with Gasteiger partial charge in [0, 0.05) is 11.5 Å². The van der Waals surface area contributed by atoms with Gasteiger partial charge in [-0.1, -0.05) is 74.5 Å². The number of benzene rings is 2. The summed E-state index contributed by atoms with van der Waals surface area (Å²) in [7, 11) is 0. The molecule has 0 aromatic heterocycles. The maximum absolute atomic E-state index is 6.13. The smallest absolute Gasteiger partial charge is 0.125 e. The van der Waals surface area contributed by atoms with Crippen molar-refractivity contribution >= 4 is 12.4 Å². The predicted octanol–water partition coefficient (Wildman–Crippen LogP) is 5.32.